The Morgan fingerprint density at radius 3 is 2.20 bits per heavy atom. The highest BCUT2D eigenvalue weighted by Crippen LogP contribution is 2.25. The molecule has 0 heterocycles. The molecule has 0 amide bonds. The van der Waals surface area contributed by atoms with Crippen LogP contribution < -0.4 is 0 Å². The lowest BCUT2D eigenvalue weighted by Crippen LogP contribution is -2.03. The van der Waals surface area contributed by atoms with Crippen molar-refractivity contribution in [1.29, 1.82) is 0 Å². The summed E-state index contributed by atoms with van der Waals surface area (Å²) >= 11 is 6.02. The Hall–Kier alpha value is -0.300. The fourth-order valence-corrected chi connectivity index (χ4v) is 2.09. The smallest absolute Gasteiger partial charge is 0.129 e. The van der Waals surface area contributed by atoms with Gasteiger partial charge in [-0.25, -0.2) is 8.78 Å². The summed E-state index contributed by atoms with van der Waals surface area (Å²) in [5.41, 5.74) is 1.16. The third-order valence-electron chi connectivity index (χ3n) is 2.03. The van der Waals surface area contributed by atoms with Crippen molar-refractivity contribution in [1.82, 2.24) is 3.11 Å². The molecule has 1 aromatic rings. The first-order valence-electron chi connectivity index (χ1n) is 4.17. The van der Waals surface area contributed by atoms with Gasteiger partial charge in [0.25, 0.3) is 0 Å². The highest BCUT2D eigenvalue weighted by Gasteiger charge is 2.11. The van der Waals surface area contributed by atoms with Crippen LogP contribution in [-0.4, -0.2) is 10.2 Å². The second-order valence-corrected chi connectivity index (χ2v) is 4.76. The number of hydrogen-bond acceptors (Lipinski definition) is 2. The Balaban J connectivity index is 3.28. The first-order valence-corrected chi connectivity index (χ1v) is 5.65. The topological polar surface area (TPSA) is 3.24 Å². The van der Waals surface area contributed by atoms with E-state index in [0.717, 1.165) is 0 Å². The van der Waals surface area contributed by atoms with E-state index in [1.807, 2.05) is 22.9 Å². The van der Waals surface area contributed by atoms with E-state index in [2.05, 4.69) is 12.6 Å². The van der Waals surface area contributed by atoms with Crippen molar-refractivity contribution in [2.75, 3.05) is 7.05 Å². The lowest BCUT2D eigenvalue weighted by Gasteiger charge is -2.15. The van der Waals surface area contributed by atoms with Gasteiger partial charge in [0.1, 0.15) is 11.6 Å². The van der Waals surface area contributed by atoms with Crippen LogP contribution in [0.1, 0.15) is 11.1 Å². The van der Waals surface area contributed by atoms with Gasteiger partial charge in [-0.05, 0) is 24.5 Å². The molecule has 5 heteroatoms. The molecule has 0 bridgehead atoms. The van der Waals surface area contributed by atoms with Crippen LogP contribution in [-0.2, 0) is 0 Å². The van der Waals surface area contributed by atoms with Crippen molar-refractivity contribution in [3.63, 3.8) is 0 Å². The van der Waals surface area contributed by atoms with Crippen LogP contribution in [0.3, 0.4) is 0 Å². The minimum absolute atomic E-state index is 0.0355. The summed E-state index contributed by atoms with van der Waals surface area (Å²) in [6, 6.07) is 2.60. The van der Waals surface area contributed by atoms with E-state index >= 15 is 0 Å². The first kappa shape index (κ1) is 12.8. The molecule has 0 atom stereocenters. The monoisotopic (exact) mass is 341 g/mol. The van der Waals surface area contributed by atoms with E-state index in [9.17, 15) is 8.78 Å². The summed E-state index contributed by atoms with van der Waals surface area (Å²) in [5.74, 6) is -1.09. The molecule has 15 heavy (non-hydrogen) atoms. The Morgan fingerprint density at radius 2 is 1.87 bits per heavy atom. The Morgan fingerprint density at radius 1 is 1.40 bits per heavy atom. The Bertz CT molecular complexity index is 381. The van der Waals surface area contributed by atoms with Crippen LogP contribution >= 0.6 is 35.5 Å². The molecule has 1 nitrogen and oxygen atoms in total. The second-order valence-electron chi connectivity index (χ2n) is 3.06. The number of hydrogen-bond donors (Lipinski definition) is 1. The maximum atomic E-state index is 13.3. The number of nitrogens with zero attached hydrogens (tertiary/aromatic N) is 1. The van der Waals surface area contributed by atoms with E-state index in [1.54, 1.807) is 10.2 Å². The van der Waals surface area contributed by atoms with Gasteiger partial charge < -0.3 is 3.11 Å². The zero-order valence-corrected chi connectivity index (χ0v) is 11.3. The van der Waals surface area contributed by atoms with Gasteiger partial charge in [0, 0.05) is 18.2 Å². The average Bonchev–Trinajstić information content (AvgIpc) is 2.14. The number of halogens is 3. The van der Waals surface area contributed by atoms with Gasteiger partial charge in [-0.1, -0.05) is 0 Å². The highest BCUT2D eigenvalue weighted by atomic mass is 127. The zero-order chi connectivity index (χ0) is 11.6. The molecule has 1 rings (SSSR count). The van der Waals surface area contributed by atoms with E-state index in [1.165, 1.54) is 24.5 Å². The summed E-state index contributed by atoms with van der Waals surface area (Å²) in [5, 5.41) is 1.51. The van der Waals surface area contributed by atoms with Crippen LogP contribution in [0.4, 0.5) is 8.78 Å². The number of thiol groups is 1. The van der Waals surface area contributed by atoms with Crippen molar-refractivity contribution < 1.29 is 8.78 Å². The quantitative estimate of drug-likeness (QED) is 0.487. The molecule has 0 aliphatic heterocycles. The van der Waals surface area contributed by atoms with Gasteiger partial charge in [0.05, 0.1) is 28.6 Å². The summed E-state index contributed by atoms with van der Waals surface area (Å²) in [6.07, 6.45) is 0. The largest absolute Gasteiger partial charge is 0.317 e. The molecule has 0 saturated carbocycles. The van der Waals surface area contributed by atoms with Crippen LogP contribution in [0.2, 0.25) is 0 Å². The Labute approximate surface area is 107 Å². The van der Waals surface area contributed by atoms with Gasteiger partial charge >= 0.3 is 0 Å². The normalized spacial score (nSPS) is 11.7. The molecule has 0 spiro atoms. The molecule has 0 radical (unpaired) electrons. The van der Waals surface area contributed by atoms with Crippen molar-refractivity contribution in [3.8, 4) is 0 Å². The SMILES string of the molecule is Cc1c(F)cc(/C(=C/S)N(C)I)cc1F. The summed E-state index contributed by atoms with van der Waals surface area (Å²) in [6.45, 7) is 1.41. The minimum Gasteiger partial charge on any atom is -0.317 e. The fraction of sp³-hybridized carbons (Fsp3) is 0.200. The molecule has 0 aliphatic rings. The fourth-order valence-electron chi connectivity index (χ4n) is 1.13. The van der Waals surface area contributed by atoms with E-state index in [-0.39, 0.29) is 5.56 Å². The van der Waals surface area contributed by atoms with Gasteiger partial charge in [-0.15, -0.1) is 12.6 Å². The van der Waals surface area contributed by atoms with E-state index < -0.39 is 11.6 Å². The maximum absolute atomic E-state index is 13.3. The third kappa shape index (κ3) is 2.84. The van der Waals surface area contributed by atoms with E-state index in [0.29, 0.717) is 11.3 Å². The minimum atomic E-state index is -0.545. The molecular weight excluding hydrogens is 331 g/mol. The number of benzene rings is 1. The number of rotatable bonds is 2. The van der Waals surface area contributed by atoms with Crippen molar-refractivity contribution in [2.24, 2.45) is 0 Å². The maximum Gasteiger partial charge on any atom is 0.129 e. The highest BCUT2D eigenvalue weighted by molar-refractivity contribution is 14.1. The van der Waals surface area contributed by atoms with Crippen LogP contribution in [0.5, 0.6) is 0 Å². The van der Waals surface area contributed by atoms with Crippen molar-refractivity contribution in [3.05, 3.63) is 40.3 Å². The lowest BCUT2D eigenvalue weighted by molar-refractivity contribution is 0.566. The predicted molar refractivity (Wildman–Crippen MR) is 69.8 cm³/mol. The van der Waals surface area contributed by atoms with Gasteiger partial charge in [-0.3, -0.25) is 0 Å². The van der Waals surface area contributed by atoms with Crippen LogP contribution in [0.15, 0.2) is 17.5 Å². The van der Waals surface area contributed by atoms with Crippen molar-refractivity contribution in [2.45, 2.75) is 6.92 Å². The first-order chi connectivity index (χ1) is 6.97. The van der Waals surface area contributed by atoms with Crippen LogP contribution in [0, 0.1) is 18.6 Å². The third-order valence-corrected chi connectivity index (χ3v) is 2.80. The lowest BCUT2D eigenvalue weighted by atomic mass is 10.1. The predicted octanol–water partition coefficient (Wildman–Crippen LogP) is 3.78. The van der Waals surface area contributed by atoms with Crippen LogP contribution in [0.25, 0.3) is 5.70 Å². The molecule has 82 valence electrons. The molecule has 0 unspecified atom stereocenters. The second kappa shape index (κ2) is 5.16. The summed E-state index contributed by atoms with van der Waals surface area (Å²) in [7, 11) is 1.78. The van der Waals surface area contributed by atoms with Gasteiger partial charge in [0.15, 0.2) is 0 Å². The Kier molecular flexibility index (Phi) is 4.39. The van der Waals surface area contributed by atoms with Gasteiger partial charge in [0.2, 0.25) is 0 Å². The summed E-state index contributed by atoms with van der Waals surface area (Å²) in [4.78, 5) is 0. The molecule has 0 saturated heterocycles. The molecule has 0 aliphatic carbocycles. The standard InChI is InChI=1S/C10H10F2INS/c1-6-8(11)3-7(4-9(6)12)10(5-15)14(2)13/h3-5,15H,1-2H3/b10-5-. The summed E-state index contributed by atoms with van der Waals surface area (Å²) < 4.78 is 28.3. The molecule has 0 N–H and O–H groups in total. The van der Waals surface area contributed by atoms with E-state index in [4.69, 9.17) is 0 Å². The molecule has 0 aromatic heterocycles. The zero-order valence-electron chi connectivity index (χ0n) is 8.26. The molecule has 1 aromatic carbocycles. The average molecular weight is 341 g/mol. The van der Waals surface area contributed by atoms with Gasteiger partial charge in [-0.2, -0.15) is 0 Å². The van der Waals surface area contributed by atoms with Crippen molar-refractivity contribution >= 4 is 41.2 Å². The molecular formula is C10H10F2INS. The molecule has 0 fully saturated rings.